The van der Waals surface area contributed by atoms with Crippen LogP contribution < -0.4 is 15.5 Å². The quantitative estimate of drug-likeness (QED) is 0.894. The van der Waals surface area contributed by atoms with E-state index in [-0.39, 0.29) is 6.54 Å². The van der Waals surface area contributed by atoms with Gasteiger partial charge in [-0.25, -0.2) is 4.79 Å². The molecule has 0 saturated carbocycles. The van der Waals surface area contributed by atoms with Crippen molar-refractivity contribution < 1.29 is 22.8 Å². The fourth-order valence-corrected chi connectivity index (χ4v) is 2.34. The maximum absolute atomic E-state index is 12.0. The molecule has 2 rings (SSSR count). The average molecular weight is 315 g/mol. The second kappa shape index (κ2) is 6.67. The van der Waals surface area contributed by atoms with E-state index in [1.54, 1.807) is 5.32 Å². The highest BCUT2D eigenvalue weighted by atomic mass is 19.4. The minimum Gasteiger partial charge on any atom is -0.362 e. The molecular weight excluding hydrogens is 299 g/mol. The SMILES string of the molecule is O=C(CN1CCCc2ccccc21)NC(=O)NCC(F)(F)F. The fourth-order valence-electron chi connectivity index (χ4n) is 2.34. The van der Waals surface area contributed by atoms with Gasteiger partial charge < -0.3 is 10.2 Å². The Hall–Kier alpha value is -2.25. The summed E-state index contributed by atoms with van der Waals surface area (Å²) in [5.74, 6) is -0.642. The van der Waals surface area contributed by atoms with Gasteiger partial charge in [0.05, 0.1) is 6.54 Å². The van der Waals surface area contributed by atoms with Crippen LogP contribution in [0.4, 0.5) is 23.7 Å². The molecule has 0 spiro atoms. The lowest BCUT2D eigenvalue weighted by molar-refractivity contribution is -0.124. The van der Waals surface area contributed by atoms with Gasteiger partial charge in [-0.05, 0) is 24.5 Å². The first kappa shape index (κ1) is 16.1. The number of carbonyl (C=O) groups is 2. The molecule has 1 heterocycles. The van der Waals surface area contributed by atoms with Gasteiger partial charge >= 0.3 is 12.2 Å². The topological polar surface area (TPSA) is 61.4 Å². The summed E-state index contributed by atoms with van der Waals surface area (Å²) in [4.78, 5) is 24.8. The molecule has 0 aliphatic carbocycles. The summed E-state index contributed by atoms with van der Waals surface area (Å²) in [6.45, 7) is -0.885. The third kappa shape index (κ3) is 4.64. The third-order valence-electron chi connectivity index (χ3n) is 3.24. The van der Waals surface area contributed by atoms with E-state index in [1.807, 2.05) is 34.5 Å². The van der Waals surface area contributed by atoms with Gasteiger partial charge in [-0.15, -0.1) is 0 Å². The van der Waals surface area contributed by atoms with Crippen LogP contribution in [-0.2, 0) is 11.2 Å². The molecule has 0 aromatic heterocycles. The number of halogens is 3. The van der Waals surface area contributed by atoms with Crippen LogP contribution in [0.25, 0.3) is 0 Å². The van der Waals surface area contributed by atoms with Crippen LogP contribution in [0.1, 0.15) is 12.0 Å². The van der Waals surface area contributed by atoms with Gasteiger partial charge in [0, 0.05) is 12.2 Å². The lowest BCUT2D eigenvalue weighted by Gasteiger charge is -2.30. The van der Waals surface area contributed by atoms with E-state index < -0.39 is 24.7 Å². The molecule has 1 aliphatic rings. The van der Waals surface area contributed by atoms with Gasteiger partial charge in [-0.1, -0.05) is 18.2 Å². The molecule has 0 saturated heterocycles. The van der Waals surface area contributed by atoms with Crippen molar-refractivity contribution in [3.63, 3.8) is 0 Å². The first-order chi connectivity index (χ1) is 10.3. The second-order valence-electron chi connectivity index (χ2n) is 5.00. The zero-order chi connectivity index (χ0) is 16.2. The normalized spacial score (nSPS) is 14.2. The first-order valence-corrected chi connectivity index (χ1v) is 6.82. The summed E-state index contributed by atoms with van der Waals surface area (Å²) in [6, 6.07) is 6.46. The van der Waals surface area contributed by atoms with Crippen molar-refractivity contribution in [1.29, 1.82) is 0 Å². The van der Waals surface area contributed by atoms with Crippen LogP contribution >= 0.6 is 0 Å². The van der Waals surface area contributed by atoms with E-state index in [0.717, 1.165) is 24.1 Å². The largest absolute Gasteiger partial charge is 0.405 e. The Balaban J connectivity index is 1.87. The molecular formula is C14H16F3N3O2. The van der Waals surface area contributed by atoms with E-state index in [1.165, 1.54) is 0 Å². The van der Waals surface area contributed by atoms with Crippen LogP contribution in [0.15, 0.2) is 24.3 Å². The molecule has 120 valence electrons. The predicted octanol–water partition coefficient (Wildman–Crippen LogP) is 1.83. The first-order valence-electron chi connectivity index (χ1n) is 6.82. The minimum atomic E-state index is -4.51. The van der Waals surface area contributed by atoms with Crippen molar-refractivity contribution in [2.24, 2.45) is 0 Å². The Bertz CT molecular complexity index is 561. The summed E-state index contributed by atoms with van der Waals surface area (Å²) >= 11 is 0. The number of alkyl halides is 3. The van der Waals surface area contributed by atoms with Gasteiger partial charge in [0.1, 0.15) is 6.54 Å². The summed E-state index contributed by atoms with van der Waals surface area (Å²) < 4.78 is 35.9. The number of amides is 3. The molecule has 2 N–H and O–H groups in total. The number of carbonyl (C=O) groups excluding carboxylic acids is 2. The number of hydrogen-bond donors (Lipinski definition) is 2. The zero-order valence-corrected chi connectivity index (χ0v) is 11.7. The van der Waals surface area contributed by atoms with E-state index in [9.17, 15) is 22.8 Å². The Morgan fingerprint density at radius 3 is 2.68 bits per heavy atom. The highest BCUT2D eigenvalue weighted by Crippen LogP contribution is 2.26. The highest BCUT2D eigenvalue weighted by Gasteiger charge is 2.28. The van der Waals surface area contributed by atoms with Crippen LogP contribution in [0.3, 0.4) is 0 Å². The number of benzene rings is 1. The number of anilines is 1. The number of urea groups is 1. The van der Waals surface area contributed by atoms with Crippen LogP contribution in [0.5, 0.6) is 0 Å². The van der Waals surface area contributed by atoms with Gasteiger partial charge in [0.25, 0.3) is 0 Å². The molecule has 22 heavy (non-hydrogen) atoms. The minimum absolute atomic E-state index is 0.0730. The molecule has 1 aromatic carbocycles. The number of aryl methyl sites for hydroxylation is 1. The summed E-state index contributed by atoms with van der Waals surface area (Å²) in [5.41, 5.74) is 2.03. The molecule has 3 amide bonds. The Labute approximate surface area is 125 Å². The molecule has 5 nitrogen and oxygen atoms in total. The Morgan fingerprint density at radius 1 is 1.23 bits per heavy atom. The molecule has 0 radical (unpaired) electrons. The number of para-hydroxylation sites is 1. The van der Waals surface area contributed by atoms with Crippen molar-refractivity contribution >= 4 is 17.6 Å². The van der Waals surface area contributed by atoms with Crippen LogP contribution in [-0.4, -0.2) is 37.7 Å². The zero-order valence-electron chi connectivity index (χ0n) is 11.7. The maximum atomic E-state index is 12.0. The molecule has 1 aromatic rings. The van der Waals surface area contributed by atoms with Gasteiger partial charge in [-0.2, -0.15) is 13.2 Å². The molecule has 0 bridgehead atoms. The highest BCUT2D eigenvalue weighted by molar-refractivity contribution is 5.96. The van der Waals surface area contributed by atoms with E-state index in [4.69, 9.17) is 0 Å². The Morgan fingerprint density at radius 2 is 1.95 bits per heavy atom. The van der Waals surface area contributed by atoms with E-state index in [0.29, 0.717) is 6.54 Å². The predicted molar refractivity (Wildman–Crippen MR) is 74.6 cm³/mol. The summed E-state index contributed by atoms with van der Waals surface area (Å²) in [6.07, 6.45) is -2.71. The van der Waals surface area contributed by atoms with Crippen molar-refractivity contribution in [2.75, 3.05) is 24.5 Å². The smallest absolute Gasteiger partial charge is 0.362 e. The molecule has 0 fully saturated rings. The van der Waals surface area contributed by atoms with Crippen molar-refractivity contribution in [3.05, 3.63) is 29.8 Å². The van der Waals surface area contributed by atoms with Crippen molar-refractivity contribution in [1.82, 2.24) is 10.6 Å². The lowest BCUT2D eigenvalue weighted by atomic mass is 10.0. The standard InChI is InChI=1S/C14H16F3N3O2/c15-14(16,17)9-18-13(22)19-12(21)8-20-7-3-5-10-4-1-2-6-11(10)20/h1-2,4,6H,3,5,7-9H2,(H2,18,19,21,22). The van der Waals surface area contributed by atoms with E-state index in [2.05, 4.69) is 0 Å². The van der Waals surface area contributed by atoms with Gasteiger partial charge in [0.15, 0.2) is 0 Å². The lowest BCUT2D eigenvalue weighted by Crippen LogP contribution is -2.47. The summed E-state index contributed by atoms with van der Waals surface area (Å²) in [7, 11) is 0. The Kier molecular flexibility index (Phi) is 4.89. The van der Waals surface area contributed by atoms with Gasteiger partial charge in [-0.3, -0.25) is 10.1 Å². The average Bonchev–Trinajstić information content (AvgIpc) is 2.45. The summed E-state index contributed by atoms with van der Waals surface area (Å²) in [5, 5.41) is 3.50. The molecule has 1 aliphatic heterocycles. The number of imide groups is 1. The van der Waals surface area contributed by atoms with Gasteiger partial charge in [0.2, 0.25) is 5.91 Å². The van der Waals surface area contributed by atoms with Crippen LogP contribution in [0, 0.1) is 0 Å². The van der Waals surface area contributed by atoms with Crippen molar-refractivity contribution in [3.8, 4) is 0 Å². The number of nitrogens with one attached hydrogen (secondary N) is 2. The molecule has 0 atom stereocenters. The number of rotatable bonds is 3. The number of hydrogen-bond acceptors (Lipinski definition) is 3. The van der Waals surface area contributed by atoms with Crippen molar-refractivity contribution in [2.45, 2.75) is 19.0 Å². The number of nitrogens with zero attached hydrogens (tertiary/aromatic N) is 1. The monoisotopic (exact) mass is 315 g/mol. The third-order valence-corrected chi connectivity index (χ3v) is 3.24. The second-order valence-corrected chi connectivity index (χ2v) is 5.00. The number of fused-ring (bicyclic) bond motifs is 1. The fraction of sp³-hybridized carbons (Fsp3) is 0.429. The molecule has 8 heteroatoms. The maximum Gasteiger partial charge on any atom is 0.405 e. The molecule has 0 unspecified atom stereocenters. The van der Waals surface area contributed by atoms with Crippen LogP contribution in [0.2, 0.25) is 0 Å². The van der Waals surface area contributed by atoms with E-state index >= 15 is 0 Å².